The summed E-state index contributed by atoms with van der Waals surface area (Å²) in [5.74, 6) is 1.12. The lowest BCUT2D eigenvalue weighted by molar-refractivity contribution is -0.143. The van der Waals surface area contributed by atoms with Gasteiger partial charge in [-0.1, -0.05) is 12.8 Å². The van der Waals surface area contributed by atoms with Crippen molar-refractivity contribution < 1.29 is 18.0 Å². The summed E-state index contributed by atoms with van der Waals surface area (Å²) in [5.41, 5.74) is 0. The Balaban J connectivity index is 0.00000392. The first-order valence-electron chi connectivity index (χ1n) is 9.80. The third-order valence-corrected chi connectivity index (χ3v) is 5.23. The van der Waals surface area contributed by atoms with Crippen LogP contribution >= 0.6 is 24.0 Å². The van der Waals surface area contributed by atoms with E-state index in [1.807, 2.05) is 4.90 Å². The van der Waals surface area contributed by atoms with Crippen LogP contribution in [0.5, 0.6) is 0 Å². The molecular formula is C18H33F3IN5O. The van der Waals surface area contributed by atoms with Crippen molar-refractivity contribution in [2.45, 2.75) is 50.7 Å². The standard InChI is InChI=1S/C18H32F3N5O.HI/c1-22-17(23-9-5-10-25(2)13-18(19,20)21)24-15-8-11-26(12-15)16(27)14-6-3-4-7-14;/h14-15H,3-13H2,1-2H3,(H2,22,23,24);1H. The van der Waals surface area contributed by atoms with Gasteiger partial charge in [0, 0.05) is 38.6 Å². The number of likely N-dealkylation sites (tertiary alicyclic amines) is 1. The molecule has 0 aromatic rings. The Bertz CT molecular complexity index is 512. The van der Waals surface area contributed by atoms with Crippen molar-refractivity contribution in [3.8, 4) is 0 Å². The van der Waals surface area contributed by atoms with Crippen LogP contribution in [0.3, 0.4) is 0 Å². The van der Waals surface area contributed by atoms with Gasteiger partial charge in [-0.25, -0.2) is 0 Å². The maximum absolute atomic E-state index is 12.5. The molecule has 0 bridgehead atoms. The van der Waals surface area contributed by atoms with E-state index < -0.39 is 12.7 Å². The fraction of sp³-hybridized carbons (Fsp3) is 0.889. The molecule has 1 atom stereocenters. The highest BCUT2D eigenvalue weighted by Gasteiger charge is 2.32. The molecule has 1 aliphatic carbocycles. The molecule has 1 unspecified atom stereocenters. The van der Waals surface area contributed by atoms with E-state index >= 15 is 0 Å². The zero-order chi connectivity index (χ0) is 19.9. The quantitative estimate of drug-likeness (QED) is 0.235. The van der Waals surface area contributed by atoms with E-state index in [-0.39, 0.29) is 41.8 Å². The van der Waals surface area contributed by atoms with Gasteiger partial charge in [0.2, 0.25) is 5.91 Å². The van der Waals surface area contributed by atoms with E-state index in [0.29, 0.717) is 32.0 Å². The number of nitrogens with zero attached hydrogens (tertiary/aromatic N) is 3. The van der Waals surface area contributed by atoms with Crippen molar-refractivity contribution >= 4 is 35.8 Å². The molecular weight excluding hydrogens is 486 g/mol. The smallest absolute Gasteiger partial charge is 0.356 e. The van der Waals surface area contributed by atoms with Crippen molar-refractivity contribution in [1.82, 2.24) is 20.4 Å². The first-order chi connectivity index (χ1) is 12.8. The molecule has 1 aliphatic heterocycles. The van der Waals surface area contributed by atoms with Gasteiger partial charge in [-0.05, 0) is 39.3 Å². The van der Waals surface area contributed by atoms with E-state index in [9.17, 15) is 18.0 Å². The molecule has 10 heteroatoms. The molecule has 1 amide bonds. The van der Waals surface area contributed by atoms with Crippen LogP contribution in [0.1, 0.15) is 38.5 Å². The molecule has 2 N–H and O–H groups in total. The summed E-state index contributed by atoms with van der Waals surface area (Å²) in [7, 11) is 3.14. The third-order valence-electron chi connectivity index (χ3n) is 5.23. The van der Waals surface area contributed by atoms with Crippen LogP contribution in [-0.2, 0) is 4.79 Å². The Labute approximate surface area is 182 Å². The SMILES string of the molecule is CN=C(NCCCN(C)CC(F)(F)F)NC1CCN(C(=O)C2CCCC2)C1.I. The Morgan fingerprint density at radius 2 is 1.93 bits per heavy atom. The normalized spacial score (nSPS) is 21.1. The Kier molecular flexibility index (Phi) is 10.9. The average molecular weight is 519 g/mol. The highest BCUT2D eigenvalue weighted by atomic mass is 127. The fourth-order valence-corrected chi connectivity index (χ4v) is 3.84. The molecule has 1 saturated heterocycles. The Morgan fingerprint density at radius 3 is 2.54 bits per heavy atom. The van der Waals surface area contributed by atoms with Gasteiger partial charge in [0.25, 0.3) is 0 Å². The number of guanidine groups is 1. The van der Waals surface area contributed by atoms with Gasteiger partial charge in [-0.2, -0.15) is 13.2 Å². The van der Waals surface area contributed by atoms with Gasteiger partial charge in [-0.15, -0.1) is 24.0 Å². The lowest BCUT2D eigenvalue weighted by Gasteiger charge is -2.22. The lowest BCUT2D eigenvalue weighted by Crippen LogP contribution is -2.46. The maximum atomic E-state index is 12.5. The zero-order valence-electron chi connectivity index (χ0n) is 16.7. The molecule has 1 saturated carbocycles. The summed E-state index contributed by atoms with van der Waals surface area (Å²) in [4.78, 5) is 19.9. The van der Waals surface area contributed by atoms with E-state index in [0.717, 1.165) is 38.6 Å². The summed E-state index contributed by atoms with van der Waals surface area (Å²) in [6.45, 7) is 1.46. The van der Waals surface area contributed by atoms with Crippen LogP contribution in [0, 0.1) is 5.92 Å². The number of carbonyl (C=O) groups is 1. The summed E-state index contributed by atoms with van der Waals surface area (Å²) in [6, 6.07) is 0.162. The number of rotatable bonds is 7. The number of hydrogen-bond donors (Lipinski definition) is 2. The minimum atomic E-state index is -4.16. The fourth-order valence-electron chi connectivity index (χ4n) is 3.84. The summed E-state index contributed by atoms with van der Waals surface area (Å²) < 4.78 is 36.9. The van der Waals surface area contributed by atoms with E-state index in [4.69, 9.17) is 0 Å². The average Bonchev–Trinajstić information content (AvgIpc) is 3.27. The molecule has 0 spiro atoms. The van der Waals surface area contributed by atoms with Crippen LogP contribution < -0.4 is 10.6 Å². The monoisotopic (exact) mass is 519 g/mol. The summed E-state index contributed by atoms with van der Waals surface area (Å²) in [5, 5.41) is 6.46. The third kappa shape index (κ3) is 8.71. The number of aliphatic imine (C=N–C) groups is 1. The molecule has 6 nitrogen and oxygen atoms in total. The van der Waals surface area contributed by atoms with E-state index in [1.54, 1.807) is 7.05 Å². The molecule has 0 aromatic carbocycles. The first kappa shape index (κ1) is 25.3. The lowest BCUT2D eigenvalue weighted by atomic mass is 10.1. The molecule has 28 heavy (non-hydrogen) atoms. The molecule has 2 rings (SSSR count). The number of alkyl halides is 3. The maximum Gasteiger partial charge on any atom is 0.401 e. The minimum absolute atomic E-state index is 0. The van der Waals surface area contributed by atoms with Crippen molar-refractivity contribution in [3.05, 3.63) is 0 Å². The predicted molar refractivity (Wildman–Crippen MR) is 115 cm³/mol. The molecule has 2 fully saturated rings. The van der Waals surface area contributed by atoms with Gasteiger partial charge in [0.1, 0.15) is 0 Å². The van der Waals surface area contributed by atoms with Gasteiger partial charge >= 0.3 is 6.18 Å². The van der Waals surface area contributed by atoms with Gasteiger partial charge < -0.3 is 15.5 Å². The number of carbonyl (C=O) groups excluding carboxylic acids is 1. The van der Waals surface area contributed by atoms with Crippen molar-refractivity contribution in [2.24, 2.45) is 10.9 Å². The highest BCUT2D eigenvalue weighted by molar-refractivity contribution is 14.0. The topological polar surface area (TPSA) is 60.0 Å². The second kappa shape index (κ2) is 12.0. The number of halogens is 4. The van der Waals surface area contributed by atoms with Crippen LogP contribution in [0.15, 0.2) is 4.99 Å². The van der Waals surface area contributed by atoms with E-state index in [1.165, 1.54) is 11.9 Å². The van der Waals surface area contributed by atoms with Crippen LogP contribution in [0.4, 0.5) is 13.2 Å². The Morgan fingerprint density at radius 1 is 1.25 bits per heavy atom. The summed E-state index contributed by atoms with van der Waals surface area (Å²) >= 11 is 0. The molecule has 1 heterocycles. The molecule has 0 aromatic heterocycles. The minimum Gasteiger partial charge on any atom is -0.356 e. The largest absolute Gasteiger partial charge is 0.401 e. The number of hydrogen-bond acceptors (Lipinski definition) is 3. The molecule has 164 valence electrons. The van der Waals surface area contributed by atoms with Crippen molar-refractivity contribution in [2.75, 3.05) is 46.8 Å². The van der Waals surface area contributed by atoms with Gasteiger partial charge in [0.15, 0.2) is 5.96 Å². The van der Waals surface area contributed by atoms with Crippen LogP contribution in [0.25, 0.3) is 0 Å². The summed E-state index contributed by atoms with van der Waals surface area (Å²) in [6.07, 6.45) is 1.64. The van der Waals surface area contributed by atoms with Crippen LogP contribution in [-0.4, -0.2) is 80.7 Å². The van der Waals surface area contributed by atoms with Gasteiger partial charge in [-0.3, -0.25) is 14.7 Å². The first-order valence-corrected chi connectivity index (χ1v) is 9.80. The van der Waals surface area contributed by atoms with Crippen molar-refractivity contribution in [1.29, 1.82) is 0 Å². The highest BCUT2D eigenvalue weighted by Crippen LogP contribution is 2.27. The van der Waals surface area contributed by atoms with Crippen molar-refractivity contribution in [3.63, 3.8) is 0 Å². The van der Waals surface area contributed by atoms with E-state index in [2.05, 4.69) is 15.6 Å². The number of amides is 1. The Hall–Kier alpha value is -0.780. The second-order valence-electron chi connectivity index (χ2n) is 7.60. The second-order valence-corrected chi connectivity index (χ2v) is 7.60. The predicted octanol–water partition coefficient (Wildman–Crippen LogP) is 2.44. The number of nitrogens with one attached hydrogen (secondary N) is 2. The van der Waals surface area contributed by atoms with Crippen LogP contribution in [0.2, 0.25) is 0 Å². The van der Waals surface area contributed by atoms with Gasteiger partial charge in [0.05, 0.1) is 6.54 Å². The molecule has 2 aliphatic rings. The molecule has 0 radical (unpaired) electrons. The zero-order valence-corrected chi connectivity index (χ0v) is 19.1.